The first kappa shape index (κ1) is 12.0. The van der Waals surface area contributed by atoms with E-state index in [0.29, 0.717) is 6.61 Å². The average molecular weight is 287 g/mol. The van der Waals surface area contributed by atoms with Crippen molar-refractivity contribution in [1.82, 2.24) is 25.1 Å². The Bertz CT molecular complexity index is 717. The first-order chi connectivity index (χ1) is 9.92. The van der Waals surface area contributed by atoms with Gasteiger partial charge in [-0.2, -0.15) is 9.61 Å². The Morgan fingerprint density at radius 2 is 2.15 bits per heavy atom. The molecular formula is C13H13N5OS. The third kappa shape index (κ3) is 2.00. The third-order valence-electron chi connectivity index (χ3n) is 3.26. The van der Waals surface area contributed by atoms with E-state index in [-0.39, 0.29) is 6.04 Å². The van der Waals surface area contributed by atoms with Crippen LogP contribution in [0.15, 0.2) is 30.3 Å². The molecule has 0 amide bonds. The van der Waals surface area contributed by atoms with Gasteiger partial charge in [-0.1, -0.05) is 41.7 Å². The number of hydrogen-bond donors (Lipinski definition) is 1. The van der Waals surface area contributed by atoms with E-state index in [2.05, 4.69) is 20.6 Å². The van der Waals surface area contributed by atoms with Gasteiger partial charge in [0.1, 0.15) is 5.01 Å². The first-order valence-corrected chi connectivity index (χ1v) is 7.32. The summed E-state index contributed by atoms with van der Waals surface area (Å²) in [6.07, 6.45) is 0. The number of nitrogens with one attached hydrogen (secondary N) is 1. The van der Waals surface area contributed by atoms with E-state index < -0.39 is 0 Å². The SMILES string of the molecule is c1ccc(-c2nnc3sc(C4COCCN4)nn23)cc1. The molecule has 0 aliphatic carbocycles. The molecule has 3 aromatic rings. The fraction of sp³-hybridized carbons (Fsp3) is 0.308. The number of ether oxygens (including phenoxy) is 1. The molecule has 1 aliphatic heterocycles. The smallest absolute Gasteiger partial charge is 0.235 e. The van der Waals surface area contributed by atoms with E-state index in [1.807, 2.05) is 34.8 Å². The Balaban J connectivity index is 1.75. The molecule has 1 aliphatic rings. The van der Waals surface area contributed by atoms with Crippen LogP contribution in [0.5, 0.6) is 0 Å². The maximum Gasteiger partial charge on any atom is 0.235 e. The zero-order chi connectivity index (χ0) is 13.4. The second-order valence-electron chi connectivity index (χ2n) is 4.61. The van der Waals surface area contributed by atoms with Crippen LogP contribution in [0.1, 0.15) is 11.0 Å². The Labute approximate surface area is 119 Å². The lowest BCUT2D eigenvalue weighted by Gasteiger charge is -2.21. The highest BCUT2D eigenvalue weighted by Crippen LogP contribution is 2.25. The molecule has 1 atom stereocenters. The fourth-order valence-electron chi connectivity index (χ4n) is 2.26. The predicted molar refractivity (Wildman–Crippen MR) is 75.7 cm³/mol. The molecule has 102 valence electrons. The summed E-state index contributed by atoms with van der Waals surface area (Å²) in [7, 11) is 0. The molecule has 20 heavy (non-hydrogen) atoms. The summed E-state index contributed by atoms with van der Waals surface area (Å²) < 4.78 is 7.29. The molecule has 0 radical (unpaired) electrons. The predicted octanol–water partition coefficient (Wildman–Crippen LogP) is 1.51. The quantitative estimate of drug-likeness (QED) is 0.774. The van der Waals surface area contributed by atoms with Crippen LogP contribution in [0, 0.1) is 0 Å². The van der Waals surface area contributed by atoms with E-state index in [1.54, 1.807) is 11.3 Å². The minimum absolute atomic E-state index is 0.152. The van der Waals surface area contributed by atoms with E-state index in [0.717, 1.165) is 34.5 Å². The minimum Gasteiger partial charge on any atom is -0.378 e. The van der Waals surface area contributed by atoms with E-state index in [1.165, 1.54) is 0 Å². The number of rotatable bonds is 2. The Morgan fingerprint density at radius 3 is 2.95 bits per heavy atom. The average Bonchev–Trinajstić information content (AvgIpc) is 3.09. The topological polar surface area (TPSA) is 64.3 Å². The van der Waals surface area contributed by atoms with Crippen LogP contribution >= 0.6 is 11.3 Å². The summed E-state index contributed by atoms with van der Waals surface area (Å²) in [6.45, 7) is 2.27. The van der Waals surface area contributed by atoms with Crippen molar-refractivity contribution in [2.45, 2.75) is 6.04 Å². The molecule has 4 rings (SSSR count). The molecule has 7 heteroatoms. The van der Waals surface area contributed by atoms with Crippen molar-refractivity contribution in [3.63, 3.8) is 0 Å². The number of hydrogen-bond acceptors (Lipinski definition) is 6. The summed E-state index contributed by atoms with van der Waals surface area (Å²) in [4.78, 5) is 0.811. The van der Waals surface area contributed by atoms with Crippen molar-refractivity contribution in [3.8, 4) is 11.4 Å². The van der Waals surface area contributed by atoms with Gasteiger partial charge in [0.25, 0.3) is 0 Å². The lowest BCUT2D eigenvalue weighted by atomic mass is 10.2. The van der Waals surface area contributed by atoms with Crippen LogP contribution in [0.2, 0.25) is 0 Å². The molecule has 1 N–H and O–H groups in total. The van der Waals surface area contributed by atoms with Gasteiger partial charge >= 0.3 is 0 Å². The van der Waals surface area contributed by atoms with Gasteiger partial charge in [0.15, 0.2) is 5.82 Å². The van der Waals surface area contributed by atoms with Crippen LogP contribution in [0.4, 0.5) is 0 Å². The van der Waals surface area contributed by atoms with Crippen molar-refractivity contribution in [3.05, 3.63) is 35.3 Å². The molecule has 0 spiro atoms. The number of fused-ring (bicyclic) bond motifs is 1. The summed E-state index contributed by atoms with van der Waals surface area (Å²) in [6, 6.07) is 10.1. The van der Waals surface area contributed by atoms with E-state index >= 15 is 0 Å². The van der Waals surface area contributed by atoms with Gasteiger partial charge in [0.05, 0.1) is 19.3 Å². The largest absolute Gasteiger partial charge is 0.378 e. The van der Waals surface area contributed by atoms with Gasteiger partial charge < -0.3 is 10.1 Å². The Kier molecular flexibility index (Phi) is 2.95. The third-order valence-corrected chi connectivity index (χ3v) is 4.27. The minimum atomic E-state index is 0.152. The number of aromatic nitrogens is 4. The second kappa shape index (κ2) is 4.93. The van der Waals surface area contributed by atoms with Crippen LogP contribution < -0.4 is 5.32 Å². The van der Waals surface area contributed by atoms with Crippen molar-refractivity contribution >= 4 is 16.3 Å². The first-order valence-electron chi connectivity index (χ1n) is 6.50. The molecule has 1 aromatic carbocycles. The van der Waals surface area contributed by atoms with Gasteiger partial charge in [0.2, 0.25) is 4.96 Å². The molecule has 1 saturated heterocycles. The molecule has 1 fully saturated rings. The van der Waals surface area contributed by atoms with Crippen molar-refractivity contribution in [2.24, 2.45) is 0 Å². The number of benzene rings is 1. The van der Waals surface area contributed by atoms with Gasteiger partial charge in [0, 0.05) is 12.1 Å². The normalized spacial score (nSPS) is 19.5. The van der Waals surface area contributed by atoms with Gasteiger partial charge in [-0.15, -0.1) is 10.2 Å². The van der Waals surface area contributed by atoms with E-state index in [9.17, 15) is 0 Å². The zero-order valence-corrected chi connectivity index (χ0v) is 11.5. The van der Waals surface area contributed by atoms with Crippen LogP contribution in [0.3, 0.4) is 0 Å². The molecular weight excluding hydrogens is 274 g/mol. The van der Waals surface area contributed by atoms with Crippen LogP contribution in [-0.2, 0) is 4.74 Å². The standard InChI is InChI=1S/C13H13N5OS/c1-2-4-9(5-3-1)11-15-16-13-18(11)17-12(20-13)10-8-19-7-6-14-10/h1-5,10,14H,6-8H2. The monoisotopic (exact) mass is 287 g/mol. The van der Waals surface area contributed by atoms with Crippen LogP contribution in [-0.4, -0.2) is 39.6 Å². The summed E-state index contributed by atoms with van der Waals surface area (Å²) >= 11 is 1.56. The molecule has 0 saturated carbocycles. The highest BCUT2D eigenvalue weighted by atomic mass is 32.1. The highest BCUT2D eigenvalue weighted by Gasteiger charge is 2.21. The lowest BCUT2D eigenvalue weighted by molar-refractivity contribution is 0.0765. The maximum absolute atomic E-state index is 5.48. The molecule has 3 heterocycles. The highest BCUT2D eigenvalue weighted by molar-refractivity contribution is 7.16. The molecule has 1 unspecified atom stereocenters. The number of nitrogens with zero attached hydrogens (tertiary/aromatic N) is 4. The summed E-state index contributed by atoms with van der Waals surface area (Å²) in [5.41, 5.74) is 1.02. The lowest BCUT2D eigenvalue weighted by Crippen LogP contribution is -2.34. The summed E-state index contributed by atoms with van der Waals surface area (Å²) in [5.74, 6) is 0.778. The Hall–Kier alpha value is -1.83. The zero-order valence-electron chi connectivity index (χ0n) is 10.7. The van der Waals surface area contributed by atoms with Crippen molar-refractivity contribution < 1.29 is 4.74 Å². The molecule has 2 aromatic heterocycles. The van der Waals surface area contributed by atoms with Crippen molar-refractivity contribution in [2.75, 3.05) is 19.8 Å². The summed E-state index contributed by atoms with van der Waals surface area (Å²) in [5, 5.41) is 17.5. The van der Waals surface area contributed by atoms with Gasteiger partial charge in [-0.3, -0.25) is 0 Å². The number of morpholine rings is 1. The maximum atomic E-state index is 5.48. The fourth-order valence-corrected chi connectivity index (χ4v) is 3.16. The second-order valence-corrected chi connectivity index (χ2v) is 5.59. The van der Waals surface area contributed by atoms with Crippen LogP contribution in [0.25, 0.3) is 16.3 Å². The van der Waals surface area contributed by atoms with Gasteiger partial charge in [-0.25, -0.2) is 0 Å². The molecule has 6 nitrogen and oxygen atoms in total. The van der Waals surface area contributed by atoms with Gasteiger partial charge in [-0.05, 0) is 0 Å². The Morgan fingerprint density at radius 1 is 1.25 bits per heavy atom. The van der Waals surface area contributed by atoms with E-state index in [4.69, 9.17) is 4.74 Å². The van der Waals surface area contributed by atoms with Crippen molar-refractivity contribution in [1.29, 1.82) is 0 Å². The molecule has 0 bridgehead atoms.